The van der Waals surface area contributed by atoms with E-state index in [1.165, 1.54) is 37.8 Å². The molecule has 0 radical (unpaired) electrons. The van der Waals surface area contributed by atoms with Gasteiger partial charge in [0.05, 0.1) is 11.1 Å². The number of hydrogen-bond donors (Lipinski definition) is 1. The molecule has 0 heterocycles. The van der Waals surface area contributed by atoms with E-state index in [1.807, 2.05) is 0 Å². The Morgan fingerprint density at radius 1 is 0.955 bits per heavy atom. The van der Waals surface area contributed by atoms with Crippen molar-refractivity contribution in [3.8, 4) is 0 Å². The fourth-order valence-corrected chi connectivity index (χ4v) is 4.00. The maximum absolute atomic E-state index is 12.3. The van der Waals surface area contributed by atoms with Gasteiger partial charge in [0.2, 0.25) is 0 Å². The van der Waals surface area contributed by atoms with Crippen LogP contribution in [0.15, 0.2) is 24.3 Å². The number of hydrogen-bond acceptors (Lipinski definition) is 3. The number of rotatable bonds is 3. The van der Waals surface area contributed by atoms with E-state index in [9.17, 15) is 9.59 Å². The Morgan fingerprint density at radius 3 is 2.36 bits per heavy atom. The van der Waals surface area contributed by atoms with E-state index in [0.717, 1.165) is 25.2 Å². The van der Waals surface area contributed by atoms with E-state index < -0.39 is 11.9 Å². The smallest absolute Gasteiger partial charge is 0.339 e. The zero-order valence-electron chi connectivity index (χ0n) is 12.7. The lowest BCUT2D eigenvalue weighted by atomic mass is 9.70. The molecule has 22 heavy (non-hydrogen) atoms. The maximum atomic E-state index is 12.3. The van der Waals surface area contributed by atoms with Crippen LogP contribution in [0.1, 0.15) is 65.7 Å². The number of ether oxygens (including phenoxy) is 1. The molecule has 2 fully saturated rings. The van der Waals surface area contributed by atoms with Gasteiger partial charge in [-0.3, -0.25) is 0 Å². The van der Waals surface area contributed by atoms with Gasteiger partial charge in [-0.2, -0.15) is 0 Å². The Morgan fingerprint density at radius 2 is 1.64 bits per heavy atom. The molecule has 1 aromatic carbocycles. The van der Waals surface area contributed by atoms with Gasteiger partial charge in [-0.15, -0.1) is 0 Å². The van der Waals surface area contributed by atoms with E-state index in [4.69, 9.17) is 9.84 Å². The van der Waals surface area contributed by atoms with Gasteiger partial charge in [0, 0.05) is 0 Å². The van der Waals surface area contributed by atoms with Crippen molar-refractivity contribution in [2.45, 2.75) is 51.0 Å². The van der Waals surface area contributed by atoms with Crippen molar-refractivity contribution in [2.24, 2.45) is 11.8 Å². The van der Waals surface area contributed by atoms with Crippen LogP contribution >= 0.6 is 0 Å². The molecule has 0 aliphatic heterocycles. The summed E-state index contributed by atoms with van der Waals surface area (Å²) in [6, 6.07) is 6.25. The van der Waals surface area contributed by atoms with E-state index in [0.29, 0.717) is 5.92 Å². The highest BCUT2D eigenvalue weighted by molar-refractivity contribution is 6.02. The molecule has 118 valence electrons. The Labute approximate surface area is 130 Å². The SMILES string of the molecule is O=C(O)c1ccccc1C(=O)OC1CCC2CCCCC2C1. The summed E-state index contributed by atoms with van der Waals surface area (Å²) in [7, 11) is 0. The van der Waals surface area contributed by atoms with Gasteiger partial charge in [-0.05, 0) is 43.2 Å². The number of carbonyl (C=O) groups excluding carboxylic acids is 1. The van der Waals surface area contributed by atoms with Crippen molar-refractivity contribution in [2.75, 3.05) is 0 Å². The fourth-order valence-electron chi connectivity index (χ4n) is 4.00. The molecule has 3 unspecified atom stereocenters. The lowest BCUT2D eigenvalue weighted by Crippen LogP contribution is -2.33. The zero-order valence-corrected chi connectivity index (χ0v) is 12.7. The molecular weight excluding hydrogens is 280 g/mol. The molecule has 2 aliphatic rings. The molecule has 0 aromatic heterocycles. The van der Waals surface area contributed by atoms with Gasteiger partial charge in [0.15, 0.2) is 0 Å². The monoisotopic (exact) mass is 302 g/mol. The van der Waals surface area contributed by atoms with Gasteiger partial charge in [-0.25, -0.2) is 9.59 Å². The molecule has 4 nitrogen and oxygen atoms in total. The quantitative estimate of drug-likeness (QED) is 0.860. The minimum atomic E-state index is -1.09. The number of aromatic carboxylic acids is 1. The lowest BCUT2D eigenvalue weighted by Gasteiger charge is -2.38. The van der Waals surface area contributed by atoms with Crippen LogP contribution in [0.4, 0.5) is 0 Å². The summed E-state index contributed by atoms with van der Waals surface area (Å²) in [5, 5.41) is 9.17. The highest BCUT2D eigenvalue weighted by Gasteiger charge is 2.34. The zero-order chi connectivity index (χ0) is 15.5. The van der Waals surface area contributed by atoms with Crippen LogP contribution in [0.2, 0.25) is 0 Å². The normalized spacial score (nSPS) is 27.7. The summed E-state index contributed by atoms with van der Waals surface area (Å²) in [5.74, 6) is -0.120. The summed E-state index contributed by atoms with van der Waals surface area (Å²) < 4.78 is 5.61. The number of carboxylic acid groups (broad SMARTS) is 1. The van der Waals surface area contributed by atoms with Gasteiger partial charge in [0.25, 0.3) is 0 Å². The molecule has 2 saturated carbocycles. The first-order chi connectivity index (χ1) is 10.6. The molecule has 3 atom stereocenters. The van der Waals surface area contributed by atoms with Crippen LogP contribution in [0, 0.1) is 11.8 Å². The Hall–Kier alpha value is -1.84. The summed E-state index contributed by atoms with van der Waals surface area (Å²) in [6.07, 6.45) is 8.07. The van der Waals surface area contributed by atoms with Gasteiger partial charge in [0.1, 0.15) is 6.10 Å². The summed E-state index contributed by atoms with van der Waals surface area (Å²) in [5.41, 5.74) is 0.166. The molecule has 1 aromatic rings. The lowest BCUT2D eigenvalue weighted by molar-refractivity contribution is -0.00117. The second-order valence-electron chi connectivity index (χ2n) is 6.50. The average molecular weight is 302 g/mol. The molecular formula is C18H22O4. The highest BCUT2D eigenvalue weighted by Crippen LogP contribution is 2.41. The van der Waals surface area contributed by atoms with Crippen LogP contribution in [0.25, 0.3) is 0 Å². The summed E-state index contributed by atoms with van der Waals surface area (Å²) >= 11 is 0. The predicted molar refractivity (Wildman–Crippen MR) is 81.9 cm³/mol. The maximum Gasteiger partial charge on any atom is 0.339 e. The van der Waals surface area contributed by atoms with E-state index in [1.54, 1.807) is 12.1 Å². The largest absolute Gasteiger partial charge is 0.478 e. The number of benzene rings is 1. The van der Waals surface area contributed by atoms with Crippen LogP contribution in [0.3, 0.4) is 0 Å². The molecule has 0 bridgehead atoms. The molecule has 4 heteroatoms. The average Bonchev–Trinajstić information content (AvgIpc) is 2.54. The number of carbonyl (C=O) groups is 2. The fraction of sp³-hybridized carbons (Fsp3) is 0.556. The first kappa shape index (κ1) is 15.1. The topological polar surface area (TPSA) is 63.6 Å². The molecule has 3 rings (SSSR count). The van der Waals surface area contributed by atoms with Crippen LogP contribution < -0.4 is 0 Å². The predicted octanol–water partition coefficient (Wildman–Crippen LogP) is 3.90. The first-order valence-electron chi connectivity index (χ1n) is 8.18. The molecule has 0 saturated heterocycles. The standard InChI is InChI=1S/C18H22O4/c19-17(20)15-7-3-4-8-16(15)18(21)22-14-10-9-12-5-1-2-6-13(12)11-14/h3-4,7-8,12-14H,1-2,5-6,9-11H2,(H,19,20). The van der Waals surface area contributed by atoms with Gasteiger partial charge < -0.3 is 9.84 Å². The summed E-state index contributed by atoms with van der Waals surface area (Å²) in [6.45, 7) is 0. The molecule has 0 spiro atoms. The highest BCUT2D eigenvalue weighted by atomic mass is 16.5. The Kier molecular flexibility index (Phi) is 4.46. The van der Waals surface area contributed by atoms with Crippen molar-refractivity contribution < 1.29 is 19.4 Å². The second kappa shape index (κ2) is 6.51. The molecule has 2 aliphatic carbocycles. The second-order valence-corrected chi connectivity index (χ2v) is 6.50. The van der Waals surface area contributed by atoms with Gasteiger partial charge >= 0.3 is 11.9 Å². The van der Waals surface area contributed by atoms with Gasteiger partial charge in [-0.1, -0.05) is 37.8 Å². The summed E-state index contributed by atoms with van der Waals surface area (Å²) in [4.78, 5) is 23.5. The molecule has 0 amide bonds. The minimum absolute atomic E-state index is 0.0128. The Bertz CT molecular complexity index is 566. The Balaban J connectivity index is 1.66. The third kappa shape index (κ3) is 3.16. The van der Waals surface area contributed by atoms with E-state index in [-0.39, 0.29) is 17.2 Å². The van der Waals surface area contributed by atoms with Crippen molar-refractivity contribution in [3.63, 3.8) is 0 Å². The minimum Gasteiger partial charge on any atom is -0.478 e. The van der Waals surface area contributed by atoms with Crippen molar-refractivity contribution in [1.29, 1.82) is 0 Å². The van der Waals surface area contributed by atoms with Crippen LogP contribution in [-0.2, 0) is 4.74 Å². The van der Waals surface area contributed by atoms with Crippen molar-refractivity contribution in [3.05, 3.63) is 35.4 Å². The molecule has 1 N–H and O–H groups in total. The number of esters is 1. The van der Waals surface area contributed by atoms with Crippen molar-refractivity contribution in [1.82, 2.24) is 0 Å². The van der Waals surface area contributed by atoms with Crippen LogP contribution in [-0.4, -0.2) is 23.1 Å². The number of carboxylic acids is 1. The van der Waals surface area contributed by atoms with E-state index in [2.05, 4.69) is 0 Å². The van der Waals surface area contributed by atoms with Crippen LogP contribution in [0.5, 0.6) is 0 Å². The third-order valence-corrected chi connectivity index (χ3v) is 5.14. The van der Waals surface area contributed by atoms with E-state index >= 15 is 0 Å². The first-order valence-corrected chi connectivity index (χ1v) is 8.18. The third-order valence-electron chi connectivity index (χ3n) is 5.14. The van der Waals surface area contributed by atoms with Crippen molar-refractivity contribution >= 4 is 11.9 Å². The number of fused-ring (bicyclic) bond motifs is 1.